The molecular formula is C22H31N7OS. The van der Waals surface area contributed by atoms with Crippen LogP contribution in [0, 0.1) is 0 Å². The van der Waals surface area contributed by atoms with Gasteiger partial charge in [-0.15, -0.1) is 0 Å². The van der Waals surface area contributed by atoms with Gasteiger partial charge in [-0.05, 0) is 31.0 Å². The minimum absolute atomic E-state index is 0.221. The van der Waals surface area contributed by atoms with Crippen LogP contribution in [0.5, 0.6) is 0 Å². The first-order valence-corrected chi connectivity index (χ1v) is 12.0. The van der Waals surface area contributed by atoms with Gasteiger partial charge in [-0.1, -0.05) is 19.1 Å². The van der Waals surface area contributed by atoms with Crippen molar-refractivity contribution in [2.75, 3.05) is 49.1 Å². The topological polar surface area (TPSA) is 77.0 Å². The van der Waals surface area contributed by atoms with E-state index in [1.54, 1.807) is 0 Å². The summed E-state index contributed by atoms with van der Waals surface area (Å²) in [4.78, 5) is 27.9. The van der Waals surface area contributed by atoms with Crippen LogP contribution in [-0.2, 0) is 17.8 Å². The molecule has 8 nitrogen and oxygen atoms in total. The van der Waals surface area contributed by atoms with E-state index in [-0.39, 0.29) is 5.91 Å². The van der Waals surface area contributed by atoms with Crippen molar-refractivity contribution < 1.29 is 4.79 Å². The van der Waals surface area contributed by atoms with Gasteiger partial charge in [0, 0.05) is 69.3 Å². The normalized spacial score (nSPS) is 17.5. The largest absolute Gasteiger partial charge is 0.357 e. The summed E-state index contributed by atoms with van der Waals surface area (Å²) in [5.41, 5.74) is 2.13. The Morgan fingerprint density at radius 1 is 1.13 bits per heavy atom. The molecular weight excluding hydrogens is 410 g/mol. The third kappa shape index (κ3) is 5.15. The fraction of sp³-hybridized carbons (Fsp3) is 0.545. The summed E-state index contributed by atoms with van der Waals surface area (Å²) in [6, 6.07) is 8.22. The SMILES string of the molecule is CCNC(=NCc1ccc(N2CCCC2=O)cc1)N1CCN(c2nc(CC)ns2)CC1. The monoisotopic (exact) mass is 441 g/mol. The molecule has 2 aliphatic heterocycles. The molecule has 0 atom stereocenters. The van der Waals surface area contributed by atoms with E-state index in [1.165, 1.54) is 11.5 Å². The van der Waals surface area contributed by atoms with Crippen LogP contribution in [0.15, 0.2) is 29.3 Å². The Morgan fingerprint density at radius 2 is 1.90 bits per heavy atom. The summed E-state index contributed by atoms with van der Waals surface area (Å²) in [5.74, 6) is 2.10. The number of aliphatic imine (C=N–C) groups is 1. The highest BCUT2D eigenvalue weighted by atomic mass is 32.1. The van der Waals surface area contributed by atoms with Gasteiger partial charge in [-0.3, -0.25) is 4.79 Å². The molecule has 0 spiro atoms. The Labute approximate surface area is 188 Å². The molecule has 31 heavy (non-hydrogen) atoms. The molecule has 1 amide bonds. The minimum atomic E-state index is 0.221. The number of rotatable bonds is 6. The molecule has 0 bridgehead atoms. The summed E-state index contributed by atoms with van der Waals surface area (Å²) in [6.45, 7) is 10.1. The van der Waals surface area contributed by atoms with Crippen LogP contribution in [0.25, 0.3) is 0 Å². The summed E-state index contributed by atoms with van der Waals surface area (Å²) in [6.07, 6.45) is 2.48. The number of nitrogens with zero attached hydrogens (tertiary/aromatic N) is 6. The van der Waals surface area contributed by atoms with Crippen LogP contribution >= 0.6 is 11.5 Å². The van der Waals surface area contributed by atoms with E-state index in [9.17, 15) is 4.79 Å². The van der Waals surface area contributed by atoms with Gasteiger partial charge in [-0.25, -0.2) is 9.98 Å². The predicted octanol–water partition coefficient (Wildman–Crippen LogP) is 2.52. The van der Waals surface area contributed by atoms with E-state index in [2.05, 4.69) is 50.5 Å². The molecule has 4 rings (SSSR count). The number of amides is 1. The standard InChI is InChI=1S/C22H31N7OS/c1-3-19-25-22(31-26-19)28-14-12-27(13-15-28)21(23-4-2)24-16-17-7-9-18(10-8-17)29-11-5-6-20(29)30/h7-10H,3-6,11-16H2,1-2H3,(H,23,24). The second-order valence-corrected chi connectivity index (χ2v) is 8.54. The van der Waals surface area contributed by atoms with Crippen LogP contribution in [0.1, 0.15) is 38.1 Å². The molecule has 0 aliphatic carbocycles. The molecule has 2 saturated heterocycles. The average molecular weight is 442 g/mol. The maximum atomic E-state index is 11.9. The quantitative estimate of drug-likeness (QED) is 0.548. The lowest BCUT2D eigenvalue weighted by atomic mass is 10.2. The number of piperazine rings is 1. The Morgan fingerprint density at radius 3 is 2.52 bits per heavy atom. The lowest BCUT2D eigenvalue weighted by Crippen LogP contribution is -2.52. The zero-order valence-electron chi connectivity index (χ0n) is 18.4. The van der Waals surface area contributed by atoms with Gasteiger partial charge in [0.2, 0.25) is 11.0 Å². The van der Waals surface area contributed by atoms with Crippen molar-refractivity contribution in [2.45, 2.75) is 39.7 Å². The number of anilines is 2. The predicted molar refractivity (Wildman–Crippen MR) is 126 cm³/mol. The van der Waals surface area contributed by atoms with E-state index in [0.29, 0.717) is 13.0 Å². The van der Waals surface area contributed by atoms with E-state index in [4.69, 9.17) is 4.99 Å². The van der Waals surface area contributed by atoms with Crippen molar-refractivity contribution in [2.24, 2.45) is 4.99 Å². The summed E-state index contributed by atoms with van der Waals surface area (Å²) < 4.78 is 4.41. The Bertz CT molecular complexity index is 903. The van der Waals surface area contributed by atoms with Gasteiger partial charge in [-0.2, -0.15) is 4.37 Å². The third-order valence-electron chi connectivity index (χ3n) is 5.69. The minimum Gasteiger partial charge on any atom is -0.357 e. The molecule has 0 radical (unpaired) electrons. The number of aromatic nitrogens is 2. The molecule has 1 aromatic heterocycles. The van der Waals surface area contributed by atoms with E-state index in [0.717, 1.165) is 80.3 Å². The van der Waals surface area contributed by atoms with Crippen LogP contribution in [0.2, 0.25) is 0 Å². The summed E-state index contributed by atoms with van der Waals surface area (Å²) in [7, 11) is 0. The van der Waals surface area contributed by atoms with E-state index < -0.39 is 0 Å². The smallest absolute Gasteiger partial charge is 0.227 e. The molecule has 9 heteroatoms. The summed E-state index contributed by atoms with van der Waals surface area (Å²) >= 11 is 1.49. The van der Waals surface area contributed by atoms with Gasteiger partial charge in [0.1, 0.15) is 5.82 Å². The number of aryl methyl sites for hydroxylation is 1. The van der Waals surface area contributed by atoms with E-state index >= 15 is 0 Å². The lowest BCUT2D eigenvalue weighted by Gasteiger charge is -2.36. The first-order valence-electron chi connectivity index (χ1n) is 11.2. The number of hydrogen-bond donors (Lipinski definition) is 1. The van der Waals surface area contributed by atoms with Crippen molar-refractivity contribution in [3.8, 4) is 0 Å². The molecule has 3 heterocycles. The van der Waals surface area contributed by atoms with Gasteiger partial charge < -0.3 is 20.0 Å². The number of carbonyl (C=O) groups excluding carboxylic acids is 1. The second kappa shape index (κ2) is 10.1. The van der Waals surface area contributed by atoms with Crippen LogP contribution < -0.4 is 15.1 Å². The third-order valence-corrected chi connectivity index (χ3v) is 6.51. The number of guanidine groups is 1. The van der Waals surface area contributed by atoms with Crippen molar-refractivity contribution in [1.29, 1.82) is 0 Å². The lowest BCUT2D eigenvalue weighted by molar-refractivity contribution is -0.117. The van der Waals surface area contributed by atoms with Crippen LogP contribution in [-0.4, -0.2) is 65.4 Å². The van der Waals surface area contributed by atoms with Crippen molar-refractivity contribution in [3.63, 3.8) is 0 Å². The molecule has 1 aromatic carbocycles. The number of carbonyl (C=O) groups is 1. The van der Waals surface area contributed by atoms with Crippen LogP contribution in [0.4, 0.5) is 10.8 Å². The van der Waals surface area contributed by atoms with Crippen molar-refractivity contribution in [3.05, 3.63) is 35.7 Å². The number of hydrogen-bond acceptors (Lipinski definition) is 6. The first kappa shape index (κ1) is 21.5. The Balaban J connectivity index is 1.35. The van der Waals surface area contributed by atoms with Gasteiger partial charge in [0.25, 0.3) is 0 Å². The van der Waals surface area contributed by atoms with Gasteiger partial charge in [0.05, 0.1) is 6.54 Å². The molecule has 2 aromatic rings. The molecule has 166 valence electrons. The van der Waals surface area contributed by atoms with E-state index in [1.807, 2.05) is 17.0 Å². The zero-order valence-corrected chi connectivity index (χ0v) is 19.2. The van der Waals surface area contributed by atoms with Crippen molar-refractivity contribution >= 4 is 34.2 Å². The maximum Gasteiger partial charge on any atom is 0.227 e. The Hall–Kier alpha value is -2.68. The molecule has 0 unspecified atom stereocenters. The fourth-order valence-electron chi connectivity index (χ4n) is 3.92. The second-order valence-electron chi connectivity index (χ2n) is 7.81. The van der Waals surface area contributed by atoms with Gasteiger partial charge in [0.15, 0.2) is 5.96 Å². The van der Waals surface area contributed by atoms with Crippen LogP contribution in [0.3, 0.4) is 0 Å². The fourth-order valence-corrected chi connectivity index (χ4v) is 4.72. The van der Waals surface area contributed by atoms with Gasteiger partial charge >= 0.3 is 0 Å². The van der Waals surface area contributed by atoms with Crippen molar-refractivity contribution in [1.82, 2.24) is 19.6 Å². The number of benzene rings is 1. The number of nitrogens with one attached hydrogen (secondary N) is 1. The molecule has 1 N–H and O–H groups in total. The maximum absolute atomic E-state index is 11.9. The molecule has 2 fully saturated rings. The Kier molecular flexibility index (Phi) is 7.01. The average Bonchev–Trinajstić information content (AvgIpc) is 3.46. The molecule has 2 aliphatic rings. The molecule has 0 saturated carbocycles. The summed E-state index contributed by atoms with van der Waals surface area (Å²) in [5, 5.41) is 4.45. The highest BCUT2D eigenvalue weighted by Gasteiger charge is 2.23. The highest BCUT2D eigenvalue weighted by molar-refractivity contribution is 7.09. The zero-order chi connectivity index (χ0) is 21.6. The highest BCUT2D eigenvalue weighted by Crippen LogP contribution is 2.22. The first-order chi connectivity index (χ1) is 15.2.